The molecular formula is C14H18Br2N2O2. The highest BCUT2D eigenvalue weighted by molar-refractivity contribution is 9.11. The Bertz CT molecular complexity index is 482. The lowest BCUT2D eigenvalue weighted by Crippen LogP contribution is -2.36. The molecular weight excluding hydrogens is 388 g/mol. The minimum Gasteiger partial charge on any atom is -0.395 e. The standard InChI is InChI=1S/C14H18Br2N2O2/c15-11-2-3-13(16)12(10-11)14(20)18-5-1-4-17(6-7-18)8-9-19/h2-3,10,19H,1,4-9H2. The van der Waals surface area contributed by atoms with Crippen LogP contribution in [0.5, 0.6) is 0 Å². The van der Waals surface area contributed by atoms with Crippen LogP contribution in [0.2, 0.25) is 0 Å². The molecule has 0 saturated carbocycles. The molecule has 20 heavy (non-hydrogen) atoms. The molecule has 1 aromatic rings. The van der Waals surface area contributed by atoms with Gasteiger partial charge in [0.05, 0.1) is 12.2 Å². The summed E-state index contributed by atoms with van der Waals surface area (Å²) in [4.78, 5) is 16.7. The fourth-order valence-corrected chi connectivity index (χ4v) is 3.15. The summed E-state index contributed by atoms with van der Waals surface area (Å²) in [5, 5.41) is 9.00. The van der Waals surface area contributed by atoms with Crippen molar-refractivity contribution in [3.05, 3.63) is 32.7 Å². The summed E-state index contributed by atoms with van der Waals surface area (Å²) in [5.41, 5.74) is 0.690. The third-order valence-corrected chi connectivity index (χ3v) is 4.64. The molecule has 2 rings (SSSR count). The van der Waals surface area contributed by atoms with Gasteiger partial charge in [-0.15, -0.1) is 0 Å². The molecule has 1 saturated heterocycles. The highest BCUT2D eigenvalue weighted by Gasteiger charge is 2.21. The molecule has 0 aliphatic carbocycles. The van der Waals surface area contributed by atoms with Crippen molar-refractivity contribution in [2.45, 2.75) is 6.42 Å². The summed E-state index contributed by atoms with van der Waals surface area (Å²) in [6, 6.07) is 5.64. The van der Waals surface area contributed by atoms with E-state index in [1.165, 1.54) is 0 Å². The van der Waals surface area contributed by atoms with E-state index in [1.54, 1.807) is 0 Å². The maximum Gasteiger partial charge on any atom is 0.255 e. The Kier molecular flexibility index (Phi) is 6.01. The normalized spacial score (nSPS) is 17.1. The lowest BCUT2D eigenvalue weighted by atomic mass is 10.2. The predicted molar refractivity (Wildman–Crippen MR) is 85.9 cm³/mol. The Morgan fingerprint density at radius 2 is 2.00 bits per heavy atom. The van der Waals surface area contributed by atoms with E-state index < -0.39 is 0 Å². The van der Waals surface area contributed by atoms with E-state index in [4.69, 9.17) is 5.11 Å². The number of benzene rings is 1. The molecule has 0 aromatic heterocycles. The van der Waals surface area contributed by atoms with Crippen molar-refractivity contribution < 1.29 is 9.90 Å². The van der Waals surface area contributed by atoms with Gasteiger partial charge < -0.3 is 10.0 Å². The topological polar surface area (TPSA) is 43.8 Å². The molecule has 1 aliphatic heterocycles. The van der Waals surface area contributed by atoms with Crippen LogP contribution in [0.4, 0.5) is 0 Å². The minimum atomic E-state index is 0.0593. The van der Waals surface area contributed by atoms with Crippen molar-refractivity contribution in [1.82, 2.24) is 9.80 Å². The first kappa shape index (κ1) is 15.9. The van der Waals surface area contributed by atoms with Gasteiger partial charge in [-0.05, 0) is 47.1 Å². The lowest BCUT2D eigenvalue weighted by Gasteiger charge is -2.22. The van der Waals surface area contributed by atoms with Gasteiger partial charge in [-0.25, -0.2) is 0 Å². The molecule has 110 valence electrons. The number of hydrogen-bond acceptors (Lipinski definition) is 3. The molecule has 6 heteroatoms. The van der Waals surface area contributed by atoms with Crippen LogP contribution >= 0.6 is 31.9 Å². The molecule has 1 aromatic carbocycles. The number of carbonyl (C=O) groups excluding carboxylic acids is 1. The van der Waals surface area contributed by atoms with Gasteiger partial charge in [0.2, 0.25) is 0 Å². The number of β-amino-alcohol motifs (C(OH)–C–C–N with tert-alkyl or cyclic N) is 1. The van der Waals surface area contributed by atoms with E-state index in [9.17, 15) is 4.79 Å². The van der Waals surface area contributed by atoms with Gasteiger partial charge in [-0.2, -0.15) is 0 Å². The highest BCUT2D eigenvalue weighted by Crippen LogP contribution is 2.23. The largest absolute Gasteiger partial charge is 0.395 e. The Labute approximate surface area is 136 Å². The van der Waals surface area contributed by atoms with Gasteiger partial charge >= 0.3 is 0 Å². The summed E-state index contributed by atoms with van der Waals surface area (Å²) in [6.07, 6.45) is 0.942. The van der Waals surface area contributed by atoms with Crippen molar-refractivity contribution in [3.63, 3.8) is 0 Å². The Morgan fingerprint density at radius 3 is 2.75 bits per heavy atom. The van der Waals surface area contributed by atoms with Gasteiger partial charge in [0.15, 0.2) is 0 Å². The van der Waals surface area contributed by atoms with Gasteiger partial charge in [0.1, 0.15) is 0 Å². The molecule has 0 bridgehead atoms. The first-order valence-electron chi connectivity index (χ1n) is 6.69. The van der Waals surface area contributed by atoms with E-state index in [1.807, 2.05) is 23.1 Å². The maximum atomic E-state index is 12.6. The molecule has 0 spiro atoms. The molecule has 1 heterocycles. The van der Waals surface area contributed by atoms with Gasteiger partial charge in [0, 0.05) is 35.1 Å². The fourth-order valence-electron chi connectivity index (χ4n) is 2.37. The third-order valence-electron chi connectivity index (χ3n) is 3.45. The number of amides is 1. The number of aliphatic hydroxyl groups excluding tert-OH is 1. The van der Waals surface area contributed by atoms with Crippen molar-refractivity contribution in [2.24, 2.45) is 0 Å². The van der Waals surface area contributed by atoms with Crippen LogP contribution in [0.1, 0.15) is 16.8 Å². The quantitative estimate of drug-likeness (QED) is 0.839. The average molecular weight is 406 g/mol. The van der Waals surface area contributed by atoms with E-state index in [0.29, 0.717) is 18.7 Å². The second-order valence-electron chi connectivity index (χ2n) is 4.84. The molecule has 1 fully saturated rings. The van der Waals surface area contributed by atoms with E-state index >= 15 is 0 Å². The molecule has 1 amide bonds. The Hall–Kier alpha value is -0.430. The zero-order valence-electron chi connectivity index (χ0n) is 11.2. The SMILES string of the molecule is O=C(c1cc(Br)ccc1Br)N1CCCN(CCO)CC1. The number of hydrogen-bond donors (Lipinski definition) is 1. The van der Waals surface area contributed by atoms with Crippen LogP contribution in [0.15, 0.2) is 27.1 Å². The van der Waals surface area contributed by atoms with Crippen molar-refractivity contribution >= 4 is 37.8 Å². The summed E-state index contributed by atoms with van der Waals surface area (Å²) < 4.78 is 1.72. The van der Waals surface area contributed by atoms with E-state index in [-0.39, 0.29) is 12.5 Å². The lowest BCUT2D eigenvalue weighted by molar-refractivity contribution is 0.0759. The highest BCUT2D eigenvalue weighted by atomic mass is 79.9. The second-order valence-corrected chi connectivity index (χ2v) is 6.61. The zero-order chi connectivity index (χ0) is 14.5. The first-order chi connectivity index (χ1) is 9.61. The number of rotatable bonds is 3. The molecule has 4 nitrogen and oxygen atoms in total. The van der Waals surface area contributed by atoms with Gasteiger partial charge in [0.25, 0.3) is 5.91 Å². The Morgan fingerprint density at radius 1 is 1.20 bits per heavy atom. The van der Waals surface area contributed by atoms with Gasteiger partial charge in [-0.3, -0.25) is 9.69 Å². The van der Waals surface area contributed by atoms with E-state index in [0.717, 1.165) is 35.0 Å². The van der Waals surface area contributed by atoms with Crippen LogP contribution in [-0.2, 0) is 0 Å². The fraction of sp³-hybridized carbons (Fsp3) is 0.500. The smallest absolute Gasteiger partial charge is 0.255 e. The molecule has 0 radical (unpaired) electrons. The first-order valence-corrected chi connectivity index (χ1v) is 8.28. The second kappa shape index (κ2) is 7.54. The number of carbonyl (C=O) groups is 1. The summed E-state index contributed by atoms with van der Waals surface area (Å²) in [6.45, 7) is 4.08. The molecule has 1 aliphatic rings. The number of nitrogens with zero attached hydrogens (tertiary/aromatic N) is 2. The number of halogens is 2. The van der Waals surface area contributed by atoms with Crippen molar-refractivity contribution in [1.29, 1.82) is 0 Å². The van der Waals surface area contributed by atoms with Crippen LogP contribution in [0.25, 0.3) is 0 Å². The summed E-state index contributed by atoms with van der Waals surface area (Å²) >= 11 is 6.85. The van der Waals surface area contributed by atoms with E-state index in [2.05, 4.69) is 36.8 Å². The zero-order valence-corrected chi connectivity index (χ0v) is 14.4. The minimum absolute atomic E-state index is 0.0593. The van der Waals surface area contributed by atoms with Gasteiger partial charge in [-0.1, -0.05) is 15.9 Å². The van der Waals surface area contributed by atoms with Crippen LogP contribution in [0.3, 0.4) is 0 Å². The monoisotopic (exact) mass is 404 g/mol. The Balaban J connectivity index is 2.07. The van der Waals surface area contributed by atoms with Crippen LogP contribution in [0, 0.1) is 0 Å². The number of aliphatic hydroxyl groups is 1. The van der Waals surface area contributed by atoms with Crippen molar-refractivity contribution in [2.75, 3.05) is 39.3 Å². The molecule has 0 unspecified atom stereocenters. The van der Waals surface area contributed by atoms with Crippen molar-refractivity contribution in [3.8, 4) is 0 Å². The third kappa shape index (κ3) is 4.04. The predicted octanol–water partition coefficient (Wildman–Crippen LogP) is 2.35. The average Bonchev–Trinajstić information content (AvgIpc) is 2.67. The molecule has 1 N–H and O–H groups in total. The maximum absolute atomic E-state index is 12.6. The van der Waals surface area contributed by atoms with Crippen LogP contribution < -0.4 is 0 Å². The van der Waals surface area contributed by atoms with Crippen LogP contribution in [-0.4, -0.2) is 60.1 Å². The summed E-state index contributed by atoms with van der Waals surface area (Å²) in [5.74, 6) is 0.0593. The summed E-state index contributed by atoms with van der Waals surface area (Å²) in [7, 11) is 0. The molecule has 0 atom stereocenters.